The molecule has 113 valence electrons. The number of rotatable bonds is 2. The second-order valence-electron chi connectivity index (χ2n) is 3.89. The third-order valence-corrected chi connectivity index (χ3v) is 2.41. The van der Waals surface area contributed by atoms with Crippen molar-refractivity contribution < 1.29 is 27.3 Å². The van der Waals surface area contributed by atoms with Crippen LogP contribution >= 0.6 is 0 Å². The number of aliphatic imine (C=N–C) groups is 2. The summed E-state index contributed by atoms with van der Waals surface area (Å²) in [6.07, 6.45) is 3.24. The molecule has 2 rings (SSSR count). The molecule has 21 heavy (non-hydrogen) atoms. The molecule has 0 spiro atoms. The van der Waals surface area contributed by atoms with Gasteiger partial charge in [-0.05, 0) is 24.3 Å². The van der Waals surface area contributed by atoms with E-state index >= 15 is 0 Å². The number of phenols is 2. The zero-order valence-corrected chi connectivity index (χ0v) is 12.8. The number of aromatic hydroxyl groups is 2. The number of hydrogen-bond donors (Lipinski definition) is 2. The maximum Gasteiger partial charge on any atom is 2.00 e. The maximum absolute atomic E-state index is 9.15. The Hall–Kier alpha value is -2.10. The van der Waals surface area contributed by atoms with Crippen LogP contribution in [-0.2, 0) is 17.1 Å². The van der Waals surface area contributed by atoms with Gasteiger partial charge in [0.05, 0.1) is 0 Å². The Labute approximate surface area is 135 Å². The van der Waals surface area contributed by atoms with E-state index in [9.17, 15) is 0 Å². The van der Waals surface area contributed by atoms with Crippen molar-refractivity contribution in [1.82, 2.24) is 0 Å². The zero-order chi connectivity index (χ0) is 14.8. The molecule has 0 unspecified atom stereocenters. The number of hydrogen-bond acceptors (Lipinski definition) is 4. The molecule has 2 N–H and O–H groups in total. The first kappa shape index (κ1) is 18.9. The Morgan fingerprint density at radius 1 is 0.714 bits per heavy atom. The van der Waals surface area contributed by atoms with Crippen LogP contribution in [0.1, 0.15) is 11.1 Å². The van der Waals surface area contributed by atoms with Gasteiger partial charge in [0.25, 0.3) is 0 Å². The summed E-state index contributed by atoms with van der Waals surface area (Å²) in [5.74, 6) is 0.543. The first-order chi connectivity index (χ1) is 9.69. The van der Waals surface area contributed by atoms with E-state index in [0.29, 0.717) is 0 Å². The Balaban J connectivity index is 0.000000364. The number of para-hydroxylation sites is 2. The molecule has 0 aliphatic carbocycles. The Morgan fingerprint density at radius 2 is 1.05 bits per heavy atom. The van der Waals surface area contributed by atoms with Crippen LogP contribution in [0.5, 0.6) is 11.5 Å². The van der Waals surface area contributed by atoms with Crippen LogP contribution in [0.3, 0.4) is 0 Å². The average molecular weight is 334 g/mol. The van der Waals surface area contributed by atoms with E-state index in [1.807, 2.05) is 24.3 Å². The molecule has 0 fully saturated rings. The predicted octanol–water partition coefficient (Wildman–Crippen LogP) is 2.88. The van der Waals surface area contributed by atoms with E-state index in [-0.39, 0.29) is 28.6 Å². The summed E-state index contributed by atoms with van der Waals surface area (Å²) in [6, 6.07) is 14.2. The van der Waals surface area contributed by atoms with E-state index in [4.69, 9.17) is 10.2 Å². The molecule has 2 aromatic rings. The van der Waals surface area contributed by atoms with Crippen LogP contribution in [0.25, 0.3) is 0 Å². The van der Waals surface area contributed by atoms with Crippen molar-refractivity contribution in [2.75, 3.05) is 14.1 Å². The summed E-state index contributed by atoms with van der Waals surface area (Å²) in [6.45, 7) is 0. The van der Waals surface area contributed by atoms with Crippen molar-refractivity contribution in [1.29, 1.82) is 0 Å². The van der Waals surface area contributed by atoms with Gasteiger partial charge < -0.3 is 10.2 Å². The minimum absolute atomic E-state index is 0. The normalized spacial score (nSPS) is 10.0. The van der Waals surface area contributed by atoms with Crippen molar-refractivity contribution in [3.05, 3.63) is 59.7 Å². The van der Waals surface area contributed by atoms with Gasteiger partial charge in [-0.1, -0.05) is 24.3 Å². The topological polar surface area (TPSA) is 65.2 Å². The maximum atomic E-state index is 9.15. The number of benzene rings is 2. The van der Waals surface area contributed by atoms with Crippen molar-refractivity contribution in [2.45, 2.75) is 0 Å². The van der Waals surface area contributed by atoms with Crippen LogP contribution in [0.4, 0.5) is 0 Å². The quantitative estimate of drug-likeness (QED) is 0.655. The monoisotopic (exact) mass is 333 g/mol. The van der Waals surface area contributed by atoms with Gasteiger partial charge in [0.15, 0.2) is 0 Å². The molecule has 2 aromatic carbocycles. The van der Waals surface area contributed by atoms with E-state index in [0.717, 1.165) is 11.1 Å². The summed E-state index contributed by atoms with van der Waals surface area (Å²) in [5, 5.41) is 18.3. The standard InChI is InChI=1S/2C8H9NO.Cu/c2*1-9-6-7-4-2-3-5-8(7)10;/h2*2-6,10H,1H3;/q;;+2. The van der Waals surface area contributed by atoms with Crippen molar-refractivity contribution in [3.63, 3.8) is 0 Å². The smallest absolute Gasteiger partial charge is 0.507 e. The van der Waals surface area contributed by atoms with Crippen molar-refractivity contribution in [2.24, 2.45) is 9.98 Å². The first-order valence-corrected chi connectivity index (χ1v) is 6.09. The van der Waals surface area contributed by atoms with Crippen LogP contribution < -0.4 is 0 Å². The fourth-order valence-corrected chi connectivity index (χ4v) is 1.47. The molecule has 0 aromatic heterocycles. The van der Waals surface area contributed by atoms with E-state index in [1.165, 1.54) is 0 Å². The summed E-state index contributed by atoms with van der Waals surface area (Å²) in [4.78, 5) is 7.56. The predicted molar refractivity (Wildman–Crippen MR) is 83.2 cm³/mol. The van der Waals surface area contributed by atoms with Gasteiger partial charge in [0.1, 0.15) is 11.5 Å². The molecular formula is C16H18CuN2O2+2. The molecule has 1 radical (unpaired) electrons. The summed E-state index contributed by atoms with van der Waals surface area (Å²) < 4.78 is 0. The largest absolute Gasteiger partial charge is 2.00 e. The molecule has 0 aliphatic heterocycles. The molecule has 0 saturated heterocycles. The van der Waals surface area contributed by atoms with Gasteiger partial charge in [-0.2, -0.15) is 0 Å². The summed E-state index contributed by atoms with van der Waals surface area (Å²) in [5.41, 5.74) is 1.51. The fraction of sp³-hybridized carbons (Fsp3) is 0.125. The van der Waals surface area contributed by atoms with E-state index < -0.39 is 0 Å². The van der Waals surface area contributed by atoms with Gasteiger partial charge in [0, 0.05) is 37.7 Å². The molecule has 0 bridgehead atoms. The van der Waals surface area contributed by atoms with E-state index in [1.54, 1.807) is 50.8 Å². The molecule has 0 amide bonds. The molecule has 0 saturated carbocycles. The minimum Gasteiger partial charge on any atom is -0.507 e. The molecule has 5 heteroatoms. The Morgan fingerprint density at radius 3 is 1.33 bits per heavy atom. The average Bonchev–Trinajstić information content (AvgIpc) is 2.45. The second-order valence-corrected chi connectivity index (χ2v) is 3.89. The second kappa shape index (κ2) is 10.7. The fourth-order valence-electron chi connectivity index (χ4n) is 1.47. The zero-order valence-electron chi connectivity index (χ0n) is 11.9. The third-order valence-electron chi connectivity index (χ3n) is 2.41. The van der Waals surface area contributed by atoms with Crippen LogP contribution in [0.15, 0.2) is 58.5 Å². The Kier molecular flexibility index (Phi) is 9.59. The van der Waals surface area contributed by atoms with Gasteiger partial charge in [-0.3, -0.25) is 9.98 Å². The Bertz CT molecular complexity index is 545. The van der Waals surface area contributed by atoms with Gasteiger partial charge in [-0.15, -0.1) is 0 Å². The first-order valence-electron chi connectivity index (χ1n) is 6.09. The molecule has 0 heterocycles. The van der Waals surface area contributed by atoms with Crippen molar-refractivity contribution in [3.8, 4) is 11.5 Å². The number of nitrogens with zero attached hydrogens (tertiary/aromatic N) is 2. The van der Waals surface area contributed by atoms with Crippen LogP contribution in [0, 0.1) is 0 Å². The SMILES string of the molecule is CN=Cc1ccccc1O.CN=Cc1ccccc1O.[Cu+2]. The van der Waals surface area contributed by atoms with E-state index in [2.05, 4.69) is 9.98 Å². The van der Waals surface area contributed by atoms with Gasteiger partial charge >= 0.3 is 17.1 Å². The molecule has 0 aliphatic rings. The molecule has 0 atom stereocenters. The third kappa shape index (κ3) is 6.75. The van der Waals surface area contributed by atoms with Crippen LogP contribution in [-0.4, -0.2) is 36.7 Å². The summed E-state index contributed by atoms with van der Waals surface area (Å²) in [7, 11) is 3.35. The molecular weight excluding hydrogens is 316 g/mol. The summed E-state index contributed by atoms with van der Waals surface area (Å²) >= 11 is 0. The van der Waals surface area contributed by atoms with Gasteiger partial charge in [0.2, 0.25) is 0 Å². The minimum atomic E-state index is 0. The number of phenolic OH excluding ortho intramolecular Hbond substituents is 2. The van der Waals surface area contributed by atoms with Crippen LogP contribution in [0.2, 0.25) is 0 Å². The molecule has 4 nitrogen and oxygen atoms in total. The van der Waals surface area contributed by atoms with Gasteiger partial charge in [-0.25, -0.2) is 0 Å². The van der Waals surface area contributed by atoms with Crippen molar-refractivity contribution >= 4 is 12.4 Å².